The Hall–Kier alpha value is -3.02. The maximum Gasteiger partial charge on any atom is 0.321 e. The number of para-hydroxylation sites is 2. The minimum atomic E-state index is -0.575. The average molecular weight is 393 g/mol. The van der Waals surface area contributed by atoms with Crippen molar-refractivity contribution in [2.24, 2.45) is 0 Å². The van der Waals surface area contributed by atoms with E-state index in [-0.39, 0.29) is 11.9 Å². The highest BCUT2D eigenvalue weighted by Gasteiger charge is 2.50. The Kier molecular flexibility index (Phi) is 5.18. The fourth-order valence-corrected chi connectivity index (χ4v) is 4.42. The van der Waals surface area contributed by atoms with Crippen LogP contribution >= 0.6 is 0 Å². The summed E-state index contributed by atoms with van der Waals surface area (Å²) in [4.78, 5) is 29.6. The molecular formula is C23H28N4O2. The van der Waals surface area contributed by atoms with Gasteiger partial charge in [0.25, 0.3) is 0 Å². The zero-order valence-electron chi connectivity index (χ0n) is 17.0. The van der Waals surface area contributed by atoms with Gasteiger partial charge in [-0.1, -0.05) is 50.2 Å². The third-order valence-electron chi connectivity index (χ3n) is 6.11. The molecule has 2 heterocycles. The molecule has 6 nitrogen and oxygen atoms in total. The van der Waals surface area contributed by atoms with Crippen LogP contribution in [0.25, 0.3) is 0 Å². The first-order chi connectivity index (χ1) is 14.0. The lowest BCUT2D eigenvalue weighted by molar-refractivity contribution is -0.124. The van der Waals surface area contributed by atoms with E-state index >= 15 is 0 Å². The van der Waals surface area contributed by atoms with Crippen LogP contribution in [0.1, 0.15) is 38.2 Å². The second kappa shape index (κ2) is 7.78. The Bertz CT molecular complexity index is 889. The van der Waals surface area contributed by atoms with Crippen LogP contribution in [-0.4, -0.2) is 42.1 Å². The van der Waals surface area contributed by atoms with Gasteiger partial charge >= 0.3 is 6.03 Å². The molecule has 4 rings (SSSR count). The fourth-order valence-electron chi connectivity index (χ4n) is 4.42. The van der Waals surface area contributed by atoms with E-state index < -0.39 is 5.54 Å². The molecule has 0 saturated carbocycles. The van der Waals surface area contributed by atoms with Gasteiger partial charge in [-0.15, -0.1) is 0 Å². The van der Waals surface area contributed by atoms with E-state index in [4.69, 9.17) is 0 Å². The molecule has 0 unspecified atom stereocenters. The lowest BCUT2D eigenvalue weighted by Gasteiger charge is -2.43. The highest BCUT2D eigenvalue weighted by molar-refractivity contribution is 5.94. The van der Waals surface area contributed by atoms with Gasteiger partial charge in [0, 0.05) is 24.5 Å². The van der Waals surface area contributed by atoms with Crippen LogP contribution in [0.2, 0.25) is 0 Å². The summed E-state index contributed by atoms with van der Waals surface area (Å²) in [5.74, 6) is 0.393. The number of amides is 3. The van der Waals surface area contributed by atoms with Crippen LogP contribution < -0.4 is 15.5 Å². The van der Waals surface area contributed by atoms with E-state index in [1.807, 2.05) is 59.5 Å². The summed E-state index contributed by atoms with van der Waals surface area (Å²) < 4.78 is 0. The molecule has 0 atom stereocenters. The van der Waals surface area contributed by atoms with Gasteiger partial charge in [0.05, 0.1) is 6.67 Å². The van der Waals surface area contributed by atoms with Crippen molar-refractivity contribution >= 4 is 23.3 Å². The lowest BCUT2D eigenvalue weighted by atomic mass is 9.85. The molecule has 2 N–H and O–H groups in total. The molecule has 2 aliphatic rings. The Morgan fingerprint density at radius 1 is 1.03 bits per heavy atom. The molecule has 3 amide bonds. The second-order valence-electron chi connectivity index (χ2n) is 8.12. The maximum atomic E-state index is 12.9. The smallest absolute Gasteiger partial charge is 0.321 e. The Balaban J connectivity index is 1.46. The topological polar surface area (TPSA) is 64.7 Å². The van der Waals surface area contributed by atoms with Crippen LogP contribution in [0, 0.1) is 0 Å². The van der Waals surface area contributed by atoms with Crippen molar-refractivity contribution in [3.63, 3.8) is 0 Å². The summed E-state index contributed by atoms with van der Waals surface area (Å²) in [6.45, 7) is 5.84. The predicted molar refractivity (Wildman–Crippen MR) is 115 cm³/mol. The van der Waals surface area contributed by atoms with Crippen LogP contribution in [0.15, 0.2) is 54.6 Å². The first-order valence-corrected chi connectivity index (χ1v) is 10.3. The Labute approximate surface area is 171 Å². The fraction of sp³-hybridized carbons (Fsp3) is 0.391. The standard InChI is InChI=1S/C23H28N4O2/c1-17(2)19-10-6-7-11-20(19)25-22(29)26-14-12-23(13-15-26)21(28)24-16-27(23)18-8-4-3-5-9-18/h3-11,17H,12-16H2,1-2H3,(H,24,28)(H,25,29). The lowest BCUT2D eigenvalue weighted by Crippen LogP contribution is -2.57. The van der Waals surface area contributed by atoms with Gasteiger partial charge in [0.2, 0.25) is 5.91 Å². The molecule has 2 saturated heterocycles. The Morgan fingerprint density at radius 2 is 1.69 bits per heavy atom. The molecule has 0 aliphatic carbocycles. The van der Waals surface area contributed by atoms with E-state index in [1.165, 1.54) is 0 Å². The number of carbonyl (C=O) groups excluding carboxylic acids is 2. The van der Waals surface area contributed by atoms with Gasteiger partial charge in [-0.2, -0.15) is 0 Å². The van der Waals surface area contributed by atoms with Gasteiger partial charge < -0.3 is 20.4 Å². The van der Waals surface area contributed by atoms with Crippen LogP contribution in [-0.2, 0) is 4.79 Å². The van der Waals surface area contributed by atoms with Gasteiger partial charge in [0.1, 0.15) is 5.54 Å². The highest BCUT2D eigenvalue weighted by atomic mass is 16.2. The predicted octanol–water partition coefficient (Wildman–Crippen LogP) is 3.77. The van der Waals surface area contributed by atoms with Crippen molar-refractivity contribution in [1.82, 2.24) is 10.2 Å². The third-order valence-corrected chi connectivity index (χ3v) is 6.11. The number of piperidine rings is 1. The van der Waals surface area contributed by atoms with Crippen LogP contribution in [0.3, 0.4) is 0 Å². The van der Waals surface area contributed by atoms with E-state index in [0.717, 1.165) is 16.9 Å². The molecule has 2 aliphatic heterocycles. The van der Waals surface area contributed by atoms with E-state index in [2.05, 4.69) is 29.4 Å². The number of hydrogen-bond donors (Lipinski definition) is 2. The average Bonchev–Trinajstić information content (AvgIpc) is 3.05. The van der Waals surface area contributed by atoms with Crippen molar-refractivity contribution < 1.29 is 9.59 Å². The summed E-state index contributed by atoms with van der Waals surface area (Å²) in [7, 11) is 0. The summed E-state index contributed by atoms with van der Waals surface area (Å²) in [6, 6.07) is 17.8. The number of likely N-dealkylation sites (tertiary alicyclic amines) is 1. The minimum Gasteiger partial charge on any atom is -0.339 e. The van der Waals surface area contributed by atoms with Crippen LogP contribution in [0.4, 0.5) is 16.2 Å². The number of carbonyl (C=O) groups is 2. The van der Waals surface area contributed by atoms with Gasteiger partial charge in [-0.05, 0) is 42.5 Å². The van der Waals surface area contributed by atoms with Gasteiger partial charge in [0.15, 0.2) is 0 Å². The van der Waals surface area contributed by atoms with E-state index in [1.54, 1.807) is 0 Å². The van der Waals surface area contributed by atoms with Crippen molar-refractivity contribution in [3.8, 4) is 0 Å². The molecule has 0 aromatic heterocycles. The number of rotatable bonds is 3. The normalized spacial score (nSPS) is 18.2. The van der Waals surface area contributed by atoms with Crippen molar-refractivity contribution in [3.05, 3.63) is 60.2 Å². The quantitative estimate of drug-likeness (QED) is 0.836. The molecule has 0 radical (unpaired) electrons. The first kappa shape index (κ1) is 19.3. The number of urea groups is 1. The highest BCUT2D eigenvalue weighted by Crippen LogP contribution is 2.36. The number of nitrogens with zero attached hydrogens (tertiary/aromatic N) is 2. The molecule has 152 valence electrons. The molecule has 2 aromatic rings. The largest absolute Gasteiger partial charge is 0.339 e. The van der Waals surface area contributed by atoms with Crippen molar-refractivity contribution in [1.29, 1.82) is 0 Å². The van der Waals surface area contributed by atoms with Crippen LogP contribution in [0.5, 0.6) is 0 Å². The molecule has 2 fully saturated rings. The third kappa shape index (κ3) is 3.55. The monoisotopic (exact) mass is 392 g/mol. The summed E-state index contributed by atoms with van der Waals surface area (Å²) >= 11 is 0. The van der Waals surface area contributed by atoms with Crippen molar-refractivity contribution in [2.75, 3.05) is 30.0 Å². The number of benzene rings is 2. The molecule has 0 bridgehead atoms. The number of anilines is 2. The summed E-state index contributed by atoms with van der Waals surface area (Å²) in [5, 5.41) is 6.07. The molecule has 6 heteroatoms. The van der Waals surface area contributed by atoms with Gasteiger partial charge in [-0.3, -0.25) is 4.79 Å². The second-order valence-corrected chi connectivity index (χ2v) is 8.12. The molecular weight excluding hydrogens is 364 g/mol. The van der Waals surface area contributed by atoms with Gasteiger partial charge in [-0.25, -0.2) is 4.79 Å². The first-order valence-electron chi connectivity index (χ1n) is 10.3. The summed E-state index contributed by atoms with van der Waals surface area (Å²) in [6.07, 6.45) is 1.24. The molecule has 29 heavy (non-hydrogen) atoms. The van der Waals surface area contributed by atoms with E-state index in [9.17, 15) is 9.59 Å². The summed E-state index contributed by atoms with van der Waals surface area (Å²) in [5.41, 5.74) is 2.44. The van der Waals surface area contributed by atoms with E-state index in [0.29, 0.717) is 38.5 Å². The SMILES string of the molecule is CC(C)c1ccccc1NC(=O)N1CCC2(CC1)C(=O)NCN2c1ccccc1. The zero-order valence-corrected chi connectivity index (χ0v) is 17.0. The van der Waals surface area contributed by atoms with Crippen molar-refractivity contribution in [2.45, 2.75) is 38.1 Å². The molecule has 2 aromatic carbocycles. The maximum absolute atomic E-state index is 12.9. The Morgan fingerprint density at radius 3 is 2.38 bits per heavy atom. The minimum absolute atomic E-state index is 0.0616. The molecule has 1 spiro atoms. The number of hydrogen-bond acceptors (Lipinski definition) is 3. The number of nitrogens with one attached hydrogen (secondary N) is 2. The zero-order chi connectivity index (χ0) is 20.4.